The molecule has 2 heterocycles. The fourth-order valence-corrected chi connectivity index (χ4v) is 3.62. The van der Waals surface area contributed by atoms with Crippen LogP contribution in [0.25, 0.3) is 11.2 Å². The van der Waals surface area contributed by atoms with E-state index in [4.69, 9.17) is 5.73 Å². The Balaban J connectivity index is 1.56. The summed E-state index contributed by atoms with van der Waals surface area (Å²) in [6.45, 7) is -1.63. The van der Waals surface area contributed by atoms with E-state index in [2.05, 4.69) is 30.6 Å². The van der Waals surface area contributed by atoms with Crippen LogP contribution in [0.2, 0.25) is 0 Å². The number of hydrogen-bond acceptors (Lipinski definition) is 12. The number of anilines is 2. The number of Topliss-reactive ketones (excluding diaryl/α,β-unsaturated/α-hetero) is 1. The van der Waals surface area contributed by atoms with Crippen LogP contribution in [0.15, 0.2) is 35.3 Å². The van der Waals surface area contributed by atoms with Gasteiger partial charge in [-0.2, -0.15) is 4.98 Å². The number of aliphatic carboxylic acids is 1. The molecule has 0 unspecified atom stereocenters. The summed E-state index contributed by atoms with van der Waals surface area (Å²) >= 11 is 0. The number of hydrogen-bond donors (Lipinski definition) is 8. The molecule has 0 aliphatic heterocycles. The number of H-pyrrole nitrogens is 1. The molecule has 0 saturated carbocycles. The van der Waals surface area contributed by atoms with Crippen LogP contribution in [0.4, 0.5) is 11.6 Å². The van der Waals surface area contributed by atoms with E-state index >= 15 is 0 Å². The third kappa shape index (κ3) is 7.53. The molecule has 0 aliphatic rings. The van der Waals surface area contributed by atoms with Crippen molar-refractivity contribution in [3.05, 3.63) is 52.1 Å². The minimum absolute atomic E-state index is 0.0414. The number of fused-ring (bicyclic) bond motifs is 1. The first-order valence-corrected chi connectivity index (χ1v) is 11.8. The molecule has 15 heteroatoms. The lowest BCUT2D eigenvalue weighted by atomic mass is 9.84. The summed E-state index contributed by atoms with van der Waals surface area (Å²) in [6, 6.07) is 4.78. The molecule has 0 radical (unpaired) electrons. The van der Waals surface area contributed by atoms with Crippen LogP contribution in [-0.2, 0) is 16.1 Å². The number of benzene rings is 1. The molecule has 9 N–H and O–H groups in total. The first kappa shape index (κ1) is 29.1. The number of aliphatic hydroxyl groups is 3. The molecule has 1 amide bonds. The lowest BCUT2D eigenvalue weighted by Gasteiger charge is -2.26. The number of nitrogens with one attached hydrogen (secondary N) is 3. The van der Waals surface area contributed by atoms with Crippen LogP contribution in [0.5, 0.6) is 0 Å². The molecule has 208 valence electrons. The summed E-state index contributed by atoms with van der Waals surface area (Å²) in [4.78, 5) is 63.0. The van der Waals surface area contributed by atoms with Gasteiger partial charge in [-0.1, -0.05) is 0 Å². The van der Waals surface area contributed by atoms with Crippen molar-refractivity contribution < 1.29 is 34.8 Å². The summed E-state index contributed by atoms with van der Waals surface area (Å²) in [5.41, 5.74) is 4.99. The number of carbonyl (C=O) groups is 3. The Morgan fingerprint density at radius 1 is 1.05 bits per heavy atom. The van der Waals surface area contributed by atoms with Gasteiger partial charge < -0.3 is 36.8 Å². The van der Waals surface area contributed by atoms with Gasteiger partial charge in [0.1, 0.15) is 11.8 Å². The van der Waals surface area contributed by atoms with Crippen LogP contribution in [0.1, 0.15) is 35.3 Å². The zero-order valence-corrected chi connectivity index (χ0v) is 20.8. The Kier molecular flexibility index (Phi) is 9.59. The number of aliphatic hydroxyl groups excluding tert-OH is 3. The van der Waals surface area contributed by atoms with E-state index in [0.29, 0.717) is 11.4 Å². The fourth-order valence-electron chi connectivity index (χ4n) is 3.62. The quantitative estimate of drug-likeness (QED) is 0.119. The van der Waals surface area contributed by atoms with Crippen LogP contribution in [0.3, 0.4) is 0 Å². The first-order valence-electron chi connectivity index (χ1n) is 11.8. The highest BCUT2D eigenvalue weighted by Crippen LogP contribution is 2.22. The van der Waals surface area contributed by atoms with E-state index in [0.717, 1.165) is 0 Å². The number of carbonyl (C=O) groups excluding carboxylic acids is 2. The molecule has 1 atom stereocenters. The summed E-state index contributed by atoms with van der Waals surface area (Å²) in [7, 11) is 0. The van der Waals surface area contributed by atoms with Gasteiger partial charge in [0, 0.05) is 29.5 Å². The van der Waals surface area contributed by atoms with E-state index in [-0.39, 0.29) is 48.5 Å². The monoisotopic (exact) mass is 543 g/mol. The Morgan fingerprint density at radius 2 is 1.72 bits per heavy atom. The van der Waals surface area contributed by atoms with E-state index in [1.807, 2.05) is 0 Å². The number of amides is 1. The molecular weight excluding hydrogens is 514 g/mol. The van der Waals surface area contributed by atoms with Crippen molar-refractivity contribution in [1.29, 1.82) is 0 Å². The summed E-state index contributed by atoms with van der Waals surface area (Å²) in [5.74, 6) is -2.53. The summed E-state index contributed by atoms with van der Waals surface area (Å²) in [6.07, 6.45) is 0.653. The van der Waals surface area contributed by atoms with Crippen molar-refractivity contribution in [3.63, 3.8) is 0 Å². The molecule has 0 saturated heterocycles. The van der Waals surface area contributed by atoms with Crippen LogP contribution in [0, 0.1) is 5.41 Å². The standard InChI is InChI=1S/C24H29N7O8/c25-23-30-19-18(21(37)31-23)28-15(9-27-19)8-26-14-3-1-13(2-4-14)20(36)29-17(22(38)39)6-5-16(35)7-24(10-32,11-33)12-34/h1-4,9,17,26,32-34H,5-8,10-12H2,(H,29,36)(H,38,39)(H3,25,27,30,31,37)/t17-/m0/s1. The van der Waals surface area contributed by atoms with Crippen molar-refractivity contribution in [2.75, 3.05) is 30.9 Å². The molecule has 0 spiro atoms. The lowest BCUT2D eigenvalue weighted by Crippen LogP contribution is -2.41. The maximum atomic E-state index is 12.6. The third-order valence-electron chi connectivity index (χ3n) is 6.00. The van der Waals surface area contributed by atoms with Gasteiger partial charge in [0.2, 0.25) is 5.95 Å². The molecule has 3 rings (SSSR count). The number of rotatable bonds is 14. The first-order chi connectivity index (χ1) is 18.6. The van der Waals surface area contributed by atoms with Gasteiger partial charge >= 0.3 is 5.97 Å². The van der Waals surface area contributed by atoms with Crippen molar-refractivity contribution in [2.45, 2.75) is 31.8 Å². The Bertz CT molecular complexity index is 1380. The second kappa shape index (κ2) is 12.9. The minimum Gasteiger partial charge on any atom is -0.480 e. The molecule has 0 bridgehead atoms. The number of carboxylic acids is 1. The zero-order valence-electron chi connectivity index (χ0n) is 20.8. The average Bonchev–Trinajstić information content (AvgIpc) is 2.93. The molecule has 0 aliphatic carbocycles. The van der Waals surface area contributed by atoms with E-state index < -0.39 is 54.5 Å². The SMILES string of the molecule is Nc1nc2ncc(CNc3ccc(C(=O)N[C@@H](CCC(=O)CC(CO)(CO)CO)C(=O)O)cc3)nc2c(=O)[nH]1. The van der Waals surface area contributed by atoms with Crippen molar-refractivity contribution in [1.82, 2.24) is 25.3 Å². The second-order valence-corrected chi connectivity index (χ2v) is 9.01. The Hall–Kier alpha value is -4.47. The highest BCUT2D eigenvalue weighted by molar-refractivity contribution is 5.97. The summed E-state index contributed by atoms with van der Waals surface area (Å²) in [5, 5.41) is 43.0. The van der Waals surface area contributed by atoms with Gasteiger partial charge in [0.25, 0.3) is 11.5 Å². The predicted octanol–water partition coefficient (Wildman–Crippen LogP) is -1.21. The molecule has 3 aromatic rings. The molecule has 1 aromatic carbocycles. The average molecular weight is 544 g/mol. The number of nitrogen functional groups attached to an aromatic ring is 1. The van der Waals surface area contributed by atoms with Crippen molar-refractivity contribution in [3.8, 4) is 0 Å². The Morgan fingerprint density at radius 3 is 2.33 bits per heavy atom. The predicted molar refractivity (Wildman–Crippen MR) is 138 cm³/mol. The van der Waals surface area contributed by atoms with Crippen LogP contribution >= 0.6 is 0 Å². The number of carboxylic acid groups (broad SMARTS) is 1. The minimum atomic E-state index is -1.39. The number of nitrogens with two attached hydrogens (primary N) is 1. The van der Waals surface area contributed by atoms with Crippen LogP contribution < -0.4 is 21.9 Å². The molecule has 39 heavy (non-hydrogen) atoms. The topological polar surface area (TPSA) is 254 Å². The van der Waals surface area contributed by atoms with E-state index in [9.17, 15) is 39.6 Å². The highest BCUT2D eigenvalue weighted by Gasteiger charge is 2.31. The fraction of sp³-hybridized carbons (Fsp3) is 0.375. The smallest absolute Gasteiger partial charge is 0.326 e. The second-order valence-electron chi connectivity index (χ2n) is 9.01. The van der Waals surface area contributed by atoms with Gasteiger partial charge in [-0.15, -0.1) is 0 Å². The number of ketones is 1. The van der Waals surface area contributed by atoms with Gasteiger partial charge in [0.15, 0.2) is 11.2 Å². The maximum absolute atomic E-state index is 12.6. The van der Waals surface area contributed by atoms with Gasteiger partial charge in [0.05, 0.1) is 38.3 Å². The van der Waals surface area contributed by atoms with Crippen molar-refractivity contribution in [2.24, 2.45) is 5.41 Å². The number of aromatic amines is 1. The zero-order chi connectivity index (χ0) is 28.6. The molecule has 2 aromatic heterocycles. The molecule has 0 fully saturated rings. The van der Waals surface area contributed by atoms with E-state index in [1.54, 1.807) is 12.1 Å². The van der Waals surface area contributed by atoms with Crippen molar-refractivity contribution >= 4 is 40.5 Å². The summed E-state index contributed by atoms with van der Waals surface area (Å²) < 4.78 is 0. The highest BCUT2D eigenvalue weighted by atomic mass is 16.4. The third-order valence-corrected chi connectivity index (χ3v) is 6.00. The molecule has 15 nitrogen and oxygen atoms in total. The Labute approximate surface area is 221 Å². The normalized spacial score (nSPS) is 12.2. The maximum Gasteiger partial charge on any atom is 0.326 e. The van der Waals surface area contributed by atoms with Gasteiger partial charge in [-0.3, -0.25) is 19.4 Å². The van der Waals surface area contributed by atoms with Gasteiger partial charge in [-0.25, -0.2) is 14.8 Å². The van der Waals surface area contributed by atoms with Gasteiger partial charge in [-0.05, 0) is 30.7 Å². The van der Waals surface area contributed by atoms with E-state index in [1.165, 1.54) is 18.3 Å². The lowest BCUT2D eigenvalue weighted by molar-refractivity contribution is -0.139. The number of aromatic nitrogens is 4. The largest absolute Gasteiger partial charge is 0.480 e. The molecular formula is C24H29N7O8. The van der Waals surface area contributed by atoms with Crippen LogP contribution in [-0.4, -0.2) is 83.9 Å². The number of nitrogens with zero attached hydrogens (tertiary/aromatic N) is 3.